The van der Waals surface area contributed by atoms with Gasteiger partial charge in [0.15, 0.2) is 0 Å². The van der Waals surface area contributed by atoms with Crippen LogP contribution in [0.25, 0.3) is 10.1 Å². The number of rotatable bonds is 9. The highest BCUT2D eigenvalue weighted by atomic mass is 32.1. The van der Waals surface area contributed by atoms with E-state index in [2.05, 4.69) is 29.6 Å². The maximum absolute atomic E-state index is 5.81. The number of thiophene rings is 1. The molecule has 1 saturated carbocycles. The first-order chi connectivity index (χ1) is 10.4. The molecule has 0 radical (unpaired) electrons. The molecule has 1 N–H and O–H groups in total. The first-order valence-corrected chi connectivity index (χ1v) is 8.58. The predicted molar refractivity (Wildman–Crippen MR) is 87.8 cm³/mol. The minimum Gasteiger partial charge on any atom is -0.379 e. The van der Waals surface area contributed by atoms with Gasteiger partial charge in [0.25, 0.3) is 0 Å². The second kappa shape index (κ2) is 7.36. The van der Waals surface area contributed by atoms with Crippen LogP contribution in [0.5, 0.6) is 0 Å². The van der Waals surface area contributed by atoms with E-state index in [4.69, 9.17) is 9.47 Å². The highest BCUT2D eigenvalue weighted by Crippen LogP contribution is 2.32. The number of fused-ring (bicyclic) bond motifs is 1. The Kier molecular flexibility index (Phi) is 5.25. The third-order valence-electron chi connectivity index (χ3n) is 3.73. The van der Waals surface area contributed by atoms with Gasteiger partial charge in [0.1, 0.15) is 0 Å². The predicted octanol–water partition coefficient (Wildman–Crippen LogP) is 3.71. The average Bonchev–Trinajstić information content (AvgIpc) is 3.27. The first-order valence-electron chi connectivity index (χ1n) is 7.76. The van der Waals surface area contributed by atoms with E-state index in [-0.39, 0.29) is 0 Å². The van der Waals surface area contributed by atoms with Crippen molar-refractivity contribution < 1.29 is 9.47 Å². The van der Waals surface area contributed by atoms with Crippen molar-refractivity contribution >= 4 is 21.4 Å². The summed E-state index contributed by atoms with van der Waals surface area (Å²) in [6.45, 7) is 5.74. The van der Waals surface area contributed by atoms with Gasteiger partial charge in [-0.3, -0.25) is 0 Å². The summed E-state index contributed by atoms with van der Waals surface area (Å²) in [4.78, 5) is 1.42. The molecule has 3 nitrogen and oxygen atoms in total. The highest BCUT2D eigenvalue weighted by Gasteiger charge is 2.21. The largest absolute Gasteiger partial charge is 0.379 e. The summed E-state index contributed by atoms with van der Waals surface area (Å²) in [6.07, 6.45) is 2.65. The molecule has 4 heteroatoms. The van der Waals surface area contributed by atoms with Crippen LogP contribution >= 0.6 is 11.3 Å². The zero-order chi connectivity index (χ0) is 14.5. The average molecular weight is 305 g/mol. The Labute approximate surface area is 130 Å². The highest BCUT2D eigenvalue weighted by molar-refractivity contribution is 7.19. The lowest BCUT2D eigenvalue weighted by Gasteiger charge is -2.07. The maximum Gasteiger partial charge on any atom is 0.0735 e. The molecule has 0 bridgehead atoms. The lowest BCUT2D eigenvalue weighted by atomic mass is 10.1. The molecule has 0 atom stereocenters. The number of hydrogen-bond acceptors (Lipinski definition) is 4. The van der Waals surface area contributed by atoms with E-state index in [1.807, 2.05) is 18.3 Å². The van der Waals surface area contributed by atoms with Gasteiger partial charge in [-0.05, 0) is 31.2 Å². The van der Waals surface area contributed by atoms with Crippen LogP contribution in [-0.4, -0.2) is 25.9 Å². The fourth-order valence-corrected chi connectivity index (χ4v) is 3.57. The third kappa shape index (κ3) is 4.04. The van der Waals surface area contributed by atoms with Crippen LogP contribution < -0.4 is 5.32 Å². The van der Waals surface area contributed by atoms with Crippen LogP contribution in [0.3, 0.4) is 0 Å². The lowest BCUT2D eigenvalue weighted by Crippen LogP contribution is -2.15. The summed E-state index contributed by atoms with van der Waals surface area (Å²) in [6, 6.07) is 9.35. The second-order valence-electron chi connectivity index (χ2n) is 5.40. The van der Waals surface area contributed by atoms with Crippen LogP contribution in [-0.2, 0) is 22.6 Å². The van der Waals surface area contributed by atoms with Crippen LogP contribution in [0.15, 0.2) is 24.3 Å². The summed E-state index contributed by atoms with van der Waals surface area (Å²) in [5.74, 6) is 0. The van der Waals surface area contributed by atoms with E-state index in [0.717, 1.165) is 19.2 Å². The Balaban J connectivity index is 1.68. The van der Waals surface area contributed by atoms with Crippen molar-refractivity contribution in [3.63, 3.8) is 0 Å². The molecule has 1 aliphatic carbocycles. The Morgan fingerprint density at radius 3 is 2.81 bits per heavy atom. The monoisotopic (exact) mass is 305 g/mol. The van der Waals surface area contributed by atoms with E-state index in [0.29, 0.717) is 19.8 Å². The Bertz CT molecular complexity index is 577. The number of hydrogen-bond donors (Lipinski definition) is 1. The van der Waals surface area contributed by atoms with Gasteiger partial charge < -0.3 is 14.8 Å². The number of ether oxygens (including phenoxy) is 2. The van der Waals surface area contributed by atoms with Gasteiger partial charge in [-0.15, -0.1) is 11.3 Å². The van der Waals surface area contributed by atoms with E-state index in [1.165, 1.54) is 33.4 Å². The molecule has 1 aromatic carbocycles. The fraction of sp³-hybridized carbons (Fsp3) is 0.529. The molecule has 21 heavy (non-hydrogen) atoms. The Morgan fingerprint density at radius 1 is 1.19 bits per heavy atom. The van der Waals surface area contributed by atoms with Crippen LogP contribution in [0.1, 0.15) is 30.2 Å². The molecule has 0 amide bonds. The molecule has 1 heterocycles. The Hall–Kier alpha value is -0.940. The van der Waals surface area contributed by atoms with Gasteiger partial charge in [-0.1, -0.05) is 18.2 Å². The molecular formula is C17H23NO2S. The molecule has 2 aromatic rings. The standard InChI is InChI=1S/C17H23NO2S/c1-2-19-9-10-20-12-15-14-5-3-4-6-16(14)21-17(15)11-18-13-7-8-13/h3-6,13,18H,2,7-12H2,1H3. The third-order valence-corrected chi connectivity index (χ3v) is 4.95. The zero-order valence-electron chi connectivity index (χ0n) is 12.6. The summed E-state index contributed by atoms with van der Waals surface area (Å²) in [5, 5.41) is 4.95. The minimum atomic E-state index is 0.660. The molecule has 114 valence electrons. The van der Waals surface area contributed by atoms with Crippen molar-refractivity contribution in [2.45, 2.75) is 39.0 Å². The summed E-state index contributed by atoms with van der Waals surface area (Å²) in [7, 11) is 0. The normalized spacial score (nSPS) is 14.9. The number of benzene rings is 1. The SMILES string of the molecule is CCOCCOCc1c(CNC2CC2)sc2ccccc12. The molecule has 0 aliphatic heterocycles. The van der Waals surface area contributed by atoms with E-state index in [9.17, 15) is 0 Å². The van der Waals surface area contributed by atoms with E-state index < -0.39 is 0 Å². The quantitative estimate of drug-likeness (QED) is 0.717. The molecule has 0 unspecified atom stereocenters. The van der Waals surface area contributed by atoms with Gasteiger partial charge in [-0.25, -0.2) is 0 Å². The van der Waals surface area contributed by atoms with Crippen molar-refractivity contribution in [2.24, 2.45) is 0 Å². The van der Waals surface area contributed by atoms with Crippen LogP contribution in [0.4, 0.5) is 0 Å². The van der Waals surface area contributed by atoms with Gasteiger partial charge in [-0.2, -0.15) is 0 Å². The molecule has 0 saturated heterocycles. The lowest BCUT2D eigenvalue weighted by molar-refractivity contribution is 0.0455. The van der Waals surface area contributed by atoms with Crippen molar-refractivity contribution in [3.05, 3.63) is 34.7 Å². The molecule has 0 spiro atoms. The van der Waals surface area contributed by atoms with Crippen LogP contribution in [0, 0.1) is 0 Å². The van der Waals surface area contributed by atoms with Crippen molar-refractivity contribution in [3.8, 4) is 0 Å². The summed E-state index contributed by atoms with van der Waals surface area (Å²) >= 11 is 1.89. The van der Waals surface area contributed by atoms with Crippen molar-refractivity contribution in [1.82, 2.24) is 5.32 Å². The first kappa shape index (κ1) is 15.0. The molecule has 1 aromatic heterocycles. The Morgan fingerprint density at radius 2 is 2.00 bits per heavy atom. The van der Waals surface area contributed by atoms with Crippen molar-refractivity contribution in [2.75, 3.05) is 19.8 Å². The summed E-state index contributed by atoms with van der Waals surface area (Å²) < 4.78 is 12.5. The van der Waals surface area contributed by atoms with E-state index >= 15 is 0 Å². The van der Waals surface area contributed by atoms with Gasteiger partial charge >= 0.3 is 0 Å². The maximum atomic E-state index is 5.81. The minimum absolute atomic E-state index is 0.660. The number of nitrogens with one attached hydrogen (secondary N) is 1. The zero-order valence-corrected chi connectivity index (χ0v) is 13.4. The topological polar surface area (TPSA) is 30.5 Å². The molecular weight excluding hydrogens is 282 g/mol. The smallest absolute Gasteiger partial charge is 0.0735 e. The van der Waals surface area contributed by atoms with Gasteiger partial charge in [0.2, 0.25) is 0 Å². The fourth-order valence-electron chi connectivity index (χ4n) is 2.41. The summed E-state index contributed by atoms with van der Waals surface area (Å²) in [5.41, 5.74) is 1.35. The van der Waals surface area contributed by atoms with Gasteiger partial charge in [0, 0.05) is 34.3 Å². The van der Waals surface area contributed by atoms with Crippen LogP contribution in [0.2, 0.25) is 0 Å². The molecule has 3 rings (SSSR count). The van der Waals surface area contributed by atoms with E-state index in [1.54, 1.807) is 0 Å². The molecule has 1 aliphatic rings. The molecule has 1 fully saturated rings. The second-order valence-corrected chi connectivity index (χ2v) is 6.54. The van der Waals surface area contributed by atoms with Crippen molar-refractivity contribution in [1.29, 1.82) is 0 Å². The van der Waals surface area contributed by atoms with Gasteiger partial charge in [0.05, 0.1) is 19.8 Å².